The molecule has 250 valence electrons. The molecule has 0 spiro atoms. The molecule has 2 heterocycles. The number of nitrogens with one attached hydrogen (secondary N) is 3. The van der Waals surface area contributed by atoms with Crippen molar-refractivity contribution in [1.29, 1.82) is 0 Å². The summed E-state index contributed by atoms with van der Waals surface area (Å²) < 4.78 is 75.2. The summed E-state index contributed by atoms with van der Waals surface area (Å²) in [4.78, 5) is 35.0. The number of benzene rings is 2. The van der Waals surface area contributed by atoms with Gasteiger partial charge in [-0.25, -0.2) is 21.6 Å². The molecule has 0 fully saturated rings. The van der Waals surface area contributed by atoms with E-state index in [9.17, 15) is 45.9 Å². The molecule has 0 radical (unpaired) electrons. The molecule has 0 bridgehead atoms. The van der Waals surface area contributed by atoms with Crippen LogP contribution in [0.2, 0.25) is 0 Å². The van der Waals surface area contributed by atoms with Crippen molar-refractivity contribution in [3.63, 3.8) is 0 Å². The van der Waals surface area contributed by atoms with Crippen LogP contribution < -0.4 is 116 Å². The summed E-state index contributed by atoms with van der Waals surface area (Å²) in [5.74, 6) is -2.31. The van der Waals surface area contributed by atoms with Gasteiger partial charge in [0.25, 0.3) is 5.56 Å². The van der Waals surface area contributed by atoms with Gasteiger partial charge in [0.05, 0.1) is 32.8 Å². The summed E-state index contributed by atoms with van der Waals surface area (Å²) in [7, 11) is -10.1. The van der Waals surface area contributed by atoms with Crippen LogP contribution in [-0.2, 0) is 41.9 Å². The van der Waals surface area contributed by atoms with Crippen LogP contribution in [0, 0.1) is 6.92 Å². The molecule has 0 atom stereocenters. The molecule has 2 aromatic carbocycles. The molecule has 2 aromatic heterocycles. The molecule has 20 nitrogen and oxygen atoms in total. The van der Waals surface area contributed by atoms with E-state index in [0.29, 0.717) is 22.6 Å². The number of aromatic amines is 1. The third-order valence-corrected chi connectivity index (χ3v) is 8.20. The van der Waals surface area contributed by atoms with Crippen molar-refractivity contribution >= 4 is 66.9 Å². The first-order valence-electron chi connectivity index (χ1n) is 12.8. The molecule has 0 saturated carbocycles. The molecule has 50 heavy (non-hydrogen) atoms. The van der Waals surface area contributed by atoms with Crippen molar-refractivity contribution < 1.29 is 134 Å². The second-order valence-electron chi connectivity index (χ2n) is 9.18. The number of azo groups is 1. The molecule has 0 aliphatic rings. The number of rotatable bonds is 13. The number of hydrogen-bond acceptors (Lipinski definition) is 19. The Morgan fingerprint density at radius 1 is 0.980 bits per heavy atom. The summed E-state index contributed by atoms with van der Waals surface area (Å²) in [6, 6.07) is 9.29. The topological polar surface area (TPSA) is 306 Å². The number of pyridine rings is 1. The summed E-state index contributed by atoms with van der Waals surface area (Å²) in [6.07, 6.45) is 0. The van der Waals surface area contributed by atoms with Crippen LogP contribution in [0.3, 0.4) is 0 Å². The van der Waals surface area contributed by atoms with Crippen molar-refractivity contribution in [2.24, 2.45) is 10.2 Å². The molecule has 0 saturated heterocycles. The normalized spacial score (nSPS) is 11.3. The summed E-state index contributed by atoms with van der Waals surface area (Å²) in [6.45, 7) is 2.48. The zero-order chi connectivity index (χ0) is 34.5. The Labute approximate surface area is 354 Å². The fourth-order valence-corrected chi connectivity index (χ4v) is 5.66. The molecule has 4 rings (SSSR count). The van der Waals surface area contributed by atoms with Gasteiger partial charge in [-0.3, -0.25) is 19.4 Å². The molecular weight excluding hydrogens is 757 g/mol. The third-order valence-electron chi connectivity index (χ3n) is 6.09. The first kappa shape index (κ1) is 46.3. The van der Waals surface area contributed by atoms with Crippen LogP contribution in [0.4, 0.5) is 34.6 Å². The van der Waals surface area contributed by atoms with Gasteiger partial charge in [-0.1, -0.05) is 0 Å². The minimum Gasteiger partial charge on any atom is -0.748 e. The van der Waals surface area contributed by atoms with E-state index in [1.165, 1.54) is 13.8 Å². The molecular formula is C24H21N8Na3O12S3. The van der Waals surface area contributed by atoms with E-state index < -0.39 is 65.0 Å². The van der Waals surface area contributed by atoms with Crippen LogP contribution in [0.5, 0.6) is 5.88 Å². The van der Waals surface area contributed by atoms with Gasteiger partial charge in [0.15, 0.2) is 11.6 Å². The van der Waals surface area contributed by atoms with Crippen molar-refractivity contribution in [2.45, 2.75) is 35.9 Å². The molecule has 4 aromatic rings. The smallest absolute Gasteiger partial charge is 0.748 e. The van der Waals surface area contributed by atoms with Crippen LogP contribution in [-0.4, -0.2) is 50.6 Å². The van der Waals surface area contributed by atoms with Gasteiger partial charge in [0.2, 0.25) is 11.9 Å². The van der Waals surface area contributed by atoms with Crippen molar-refractivity contribution in [3.05, 3.63) is 74.4 Å². The Morgan fingerprint density at radius 2 is 1.62 bits per heavy atom. The van der Waals surface area contributed by atoms with Gasteiger partial charge in [0.1, 0.15) is 15.8 Å². The van der Waals surface area contributed by atoms with Gasteiger partial charge in [-0.15, -0.1) is 10.2 Å². The first-order valence-corrected chi connectivity index (χ1v) is 16.5. The van der Waals surface area contributed by atoms with Crippen molar-refractivity contribution in [1.82, 2.24) is 19.5 Å². The predicted molar refractivity (Wildman–Crippen MR) is 158 cm³/mol. The van der Waals surface area contributed by atoms with Gasteiger partial charge in [-0.2, -0.15) is 14.3 Å². The van der Waals surface area contributed by atoms with Gasteiger partial charge in [-0.05, 0) is 61.9 Å². The zero-order valence-electron chi connectivity index (χ0n) is 26.9. The van der Waals surface area contributed by atoms with Gasteiger partial charge in [0, 0.05) is 28.4 Å². The fraction of sp³-hybridized carbons (Fsp3) is 0.167. The van der Waals surface area contributed by atoms with Crippen molar-refractivity contribution in [2.75, 3.05) is 10.6 Å². The SMILES string of the molecule is CCn1c(O)c(CS(=O)(=O)[O-])c(C)c(N=Nc2cc(Nc3nc(Nc4ccc(SOO[O-])cc4)nc(=O)[nH]3)ccc2S(=O)(=O)[O-])c1=O.[Na+].[Na+].[Na+]. The maximum Gasteiger partial charge on any atom is 1.00 e. The second-order valence-corrected chi connectivity index (χ2v) is 12.7. The van der Waals surface area contributed by atoms with Crippen LogP contribution in [0.1, 0.15) is 18.1 Å². The van der Waals surface area contributed by atoms with Crippen LogP contribution in [0.25, 0.3) is 0 Å². The minimum absolute atomic E-state index is 0. The van der Waals surface area contributed by atoms with E-state index in [1.54, 1.807) is 24.3 Å². The van der Waals surface area contributed by atoms with Crippen LogP contribution >= 0.6 is 12.0 Å². The molecule has 0 unspecified atom stereocenters. The van der Waals surface area contributed by atoms with E-state index >= 15 is 0 Å². The maximum absolute atomic E-state index is 13.0. The standard InChI is InChI=1S/C24H24N8O12S3.3Na/c1-3-32-20(33)16(11-46(37,38)39)12(2)19(21(32)34)31-30-17-10-14(6-9-18(17)47(40,41)42)26-23-27-22(28-24(35)29-23)25-13-4-7-15(8-5-13)45-44-43-36;;;/h4-10,33,36H,3,11H2,1-2H3,(H,37,38,39)(H,40,41,42)(H3,25,26,27,28,29,35);;;/q;3*+1/p-3. The number of H-pyrrole nitrogens is 1. The number of anilines is 4. The molecule has 0 amide bonds. The van der Waals surface area contributed by atoms with E-state index in [0.717, 1.165) is 22.8 Å². The summed E-state index contributed by atoms with van der Waals surface area (Å²) in [5.41, 5.74) is -3.08. The number of hydrogen-bond donors (Lipinski definition) is 4. The van der Waals surface area contributed by atoms with Crippen molar-refractivity contribution in [3.8, 4) is 5.88 Å². The maximum atomic E-state index is 13.0. The molecule has 4 N–H and O–H groups in total. The van der Waals surface area contributed by atoms with E-state index in [4.69, 9.17) is 0 Å². The van der Waals surface area contributed by atoms with E-state index in [2.05, 4.69) is 45.2 Å². The third kappa shape index (κ3) is 12.4. The summed E-state index contributed by atoms with van der Waals surface area (Å²) >= 11 is 0.663. The first-order chi connectivity index (χ1) is 22.1. The Morgan fingerprint density at radius 3 is 2.20 bits per heavy atom. The number of aromatic hydroxyl groups is 1. The van der Waals surface area contributed by atoms with Gasteiger partial charge < -0.3 is 30.1 Å². The largest absolute Gasteiger partial charge is 1.00 e. The summed E-state index contributed by atoms with van der Waals surface area (Å²) in [5, 5.41) is 36.7. The van der Waals surface area contributed by atoms with Gasteiger partial charge >= 0.3 is 94.4 Å². The number of nitrogens with zero attached hydrogens (tertiary/aromatic N) is 5. The Balaban J connectivity index is 0.00000417. The fourth-order valence-electron chi connectivity index (χ4n) is 4.02. The molecule has 26 heteroatoms. The molecule has 0 aliphatic carbocycles. The Kier molecular flexibility index (Phi) is 18.4. The second kappa shape index (κ2) is 19.9. The Bertz CT molecular complexity index is 2190. The molecule has 0 aliphatic heterocycles. The predicted octanol–water partition coefficient (Wildman–Crippen LogP) is -7.54. The average molecular weight is 779 g/mol. The van der Waals surface area contributed by atoms with E-state index in [1.807, 2.05) is 0 Å². The minimum atomic E-state index is -5.16. The number of aromatic nitrogens is 4. The average Bonchev–Trinajstić information content (AvgIpc) is 2.98. The monoisotopic (exact) mass is 778 g/mol. The zero-order valence-corrected chi connectivity index (χ0v) is 35.3. The Hall–Kier alpha value is -1.75. The quantitative estimate of drug-likeness (QED) is 0.0245. The van der Waals surface area contributed by atoms with Crippen LogP contribution in [0.15, 0.2) is 72.1 Å². The van der Waals surface area contributed by atoms with E-state index in [-0.39, 0.29) is 118 Å².